The van der Waals surface area contributed by atoms with Crippen LogP contribution >= 0.6 is 0 Å². The van der Waals surface area contributed by atoms with Crippen LogP contribution < -0.4 is 0 Å². The number of benzene rings is 1. The van der Waals surface area contributed by atoms with E-state index in [9.17, 15) is 5.11 Å². The molecular formula is C19H30O. The quantitative estimate of drug-likeness (QED) is 0.785. The first-order chi connectivity index (χ1) is 9.52. The van der Waals surface area contributed by atoms with Crippen molar-refractivity contribution >= 4 is 0 Å². The second kappa shape index (κ2) is 6.76. The lowest BCUT2D eigenvalue weighted by atomic mass is 9.85. The normalized spacial score (nSPS) is 27.6. The molecule has 0 amide bonds. The maximum atomic E-state index is 10.9. The van der Waals surface area contributed by atoms with E-state index in [1.807, 2.05) is 0 Å². The molecule has 1 saturated carbocycles. The molecule has 1 aliphatic rings. The summed E-state index contributed by atoms with van der Waals surface area (Å²) in [6.45, 7) is 6.82. The van der Waals surface area contributed by atoms with Crippen molar-refractivity contribution < 1.29 is 5.11 Å². The van der Waals surface area contributed by atoms with Gasteiger partial charge in [0.1, 0.15) is 0 Å². The van der Waals surface area contributed by atoms with Crippen molar-refractivity contribution in [2.24, 2.45) is 11.8 Å². The zero-order valence-corrected chi connectivity index (χ0v) is 13.4. The van der Waals surface area contributed by atoms with E-state index >= 15 is 0 Å². The summed E-state index contributed by atoms with van der Waals surface area (Å²) in [5.41, 5.74) is 2.19. The number of hydrogen-bond acceptors (Lipinski definition) is 1. The molecule has 2 unspecified atom stereocenters. The Morgan fingerprint density at radius 2 is 1.75 bits per heavy atom. The summed E-state index contributed by atoms with van der Waals surface area (Å²) in [7, 11) is 0. The summed E-state index contributed by atoms with van der Waals surface area (Å²) >= 11 is 0. The van der Waals surface area contributed by atoms with Gasteiger partial charge in [-0.15, -0.1) is 0 Å². The van der Waals surface area contributed by atoms with Gasteiger partial charge in [0.2, 0.25) is 0 Å². The first kappa shape index (κ1) is 15.6. The fraction of sp³-hybridized carbons (Fsp3) is 0.684. The highest BCUT2D eigenvalue weighted by Gasteiger charge is 2.31. The lowest BCUT2D eigenvalue weighted by Gasteiger charge is -2.27. The highest BCUT2D eigenvalue weighted by molar-refractivity contribution is 5.23. The molecule has 0 aliphatic heterocycles. The Hall–Kier alpha value is -0.820. The van der Waals surface area contributed by atoms with Gasteiger partial charge in [0.05, 0.1) is 5.60 Å². The van der Waals surface area contributed by atoms with Gasteiger partial charge in [-0.05, 0) is 48.6 Å². The molecule has 1 nitrogen and oxygen atoms in total. The molecule has 2 atom stereocenters. The Labute approximate surface area is 124 Å². The predicted molar refractivity (Wildman–Crippen MR) is 85.9 cm³/mol. The summed E-state index contributed by atoms with van der Waals surface area (Å²) in [5.74, 6) is 1.55. The Kier molecular flexibility index (Phi) is 5.26. The van der Waals surface area contributed by atoms with E-state index < -0.39 is 5.60 Å². The highest BCUT2D eigenvalue weighted by atomic mass is 16.3. The molecule has 0 radical (unpaired) electrons. The third-order valence-electron chi connectivity index (χ3n) is 5.10. The molecular weight excluding hydrogens is 244 g/mol. The molecule has 1 heteroatoms. The van der Waals surface area contributed by atoms with Crippen LogP contribution in [0.15, 0.2) is 24.3 Å². The maximum absolute atomic E-state index is 10.9. The summed E-state index contributed by atoms with van der Waals surface area (Å²) in [6.07, 6.45) is 7.47. The minimum absolute atomic E-state index is 0.475. The molecule has 0 aromatic heterocycles. The summed E-state index contributed by atoms with van der Waals surface area (Å²) in [4.78, 5) is 0. The van der Waals surface area contributed by atoms with E-state index in [0.717, 1.165) is 37.5 Å². The van der Waals surface area contributed by atoms with Gasteiger partial charge in [-0.1, -0.05) is 57.9 Å². The van der Waals surface area contributed by atoms with Crippen molar-refractivity contribution in [3.63, 3.8) is 0 Å². The molecule has 0 spiro atoms. The zero-order valence-electron chi connectivity index (χ0n) is 13.4. The van der Waals surface area contributed by atoms with Crippen molar-refractivity contribution in [3.05, 3.63) is 35.4 Å². The van der Waals surface area contributed by atoms with Gasteiger partial charge in [-0.2, -0.15) is 0 Å². The molecule has 0 heterocycles. The van der Waals surface area contributed by atoms with E-state index in [4.69, 9.17) is 0 Å². The number of aliphatic hydroxyl groups is 1. The van der Waals surface area contributed by atoms with Gasteiger partial charge in [0, 0.05) is 6.42 Å². The van der Waals surface area contributed by atoms with Crippen LogP contribution in [0.3, 0.4) is 0 Å². The van der Waals surface area contributed by atoms with Crippen LogP contribution in [0.2, 0.25) is 0 Å². The predicted octanol–water partition coefficient (Wildman–Crippen LogP) is 4.76. The van der Waals surface area contributed by atoms with Crippen LogP contribution in [0, 0.1) is 11.8 Å². The fourth-order valence-corrected chi connectivity index (χ4v) is 3.53. The second-order valence-corrected chi connectivity index (χ2v) is 7.01. The monoisotopic (exact) mass is 274 g/mol. The molecule has 0 saturated heterocycles. The van der Waals surface area contributed by atoms with Gasteiger partial charge < -0.3 is 5.11 Å². The van der Waals surface area contributed by atoms with Gasteiger partial charge in [0.15, 0.2) is 0 Å². The molecule has 2 rings (SSSR count). The van der Waals surface area contributed by atoms with Crippen molar-refractivity contribution in [1.82, 2.24) is 0 Å². The van der Waals surface area contributed by atoms with Crippen LogP contribution in [0.1, 0.15) is 64.0 Å². The third-order valence-corrected chi connectivity index (χ3v) is 5.10. The van der Waals surface area contributed by atoms with Gasteiger partial charge >= 0.3 is 0 Å². The Morgan fingerprint density at radius 1 is 1.10 bits per heavy atom. The fourth-order valence-electron chi connectivity index (χ4n) is 3.53. The first-order valence-corrected chi connectivity index (χ1v) is 8.32. The third kappa shape index (κ3) is 4.09. The summed E-state index contributed by atoms with van der Waals surface area (Å²) in [6, 6.07) is 8.79. The lowest BCUT2D eigenvalue weighted by Crippen LogP contribution is -2.30. The van der Waals surface area contributed by atoms with Crippen molar-refractivity contribution in [3.8, 4) is 0 Å². The molecule has 1 aromatic rings. The van der Waals surface area contributed by atoms with Crippen LogP contribution in [0.5, 0.6) is 0 Å². The number of hydrogen-bond donors (Lipinski definition) is 1. The Balaban J connectivity index is 1.99. The van der Waals surface area contributed by atoms with Crippen LogP contribution in [0.25, 0.3) is 0 Å². The van der Waals surface area contributed by atoms with Crippen molar-refractivity contribution in [1.29, 1.82) is 0 Å². The molecule has 20 heavy (non-hydrogen) atoms. The highest BCUT2D eigenvalue weighted by Crippen LogP contribution is 2.35. The van der Waals surface area contributed by atoms with Gasteiger partial charge in [-0.3, -0.25) is 0 Å². The standard InChI is InChI=1S/C19H30O/c1-4-16-7-9-17(10-8-16)14-19(20)12-5-6-18(11-13-19)15(2)3/h7-10,15,18,20H,4-6,11-14H2,1-3H3. The van der Waals surface area contributed by atoms with Crippen LogP contribution in [-0.4, -0.2) is 10.7 Å². The van der Waals surface area contributed by atoms with Gasteiger partial charge in [0.25, 0.3) is 0 Å². The number of rotatable bonds is 4. The summed E-state index contributed by atoms with van der Waals surface area (Å²) in [5, 5.41) is 10.9. The average Bonchev–Trinajstić information content (AvgIpc) is 2.62. The minimum atomic E-state index is -0.475. The molecule has 1 aromatic carbocycles. The lowest BCUT2D eigenvalue weighted by molar-refractivity contribution is 0.0237. The molecule has 1 aliphatic carbocycles. The Morgan fingerprint density at radius 3 is 2.35 bits per heavy atom. The van der Waals surface area contributed by atoms with Crippen molar-refractivity contribution in [2.45, 2.75) is 71.3 Å². The van der Waals surface area contributed by atoms with Gasteiger partial charge in [-0.25, -0.2) is 0 Å². The molecule has 112 valence electrons. The summed E-state index contributed by atoms with van der Waals surface area (Å²) < 4.78 is 0. The Bertz CT molecular complexity index is 406. The van der Waals surface area contributed by atoms with Crippen LogP contribution in [0.4, 0.5) is 0 Å². The van der Waals surface area contributed by atoms with Crippen LogP contribution in [-0.2, 0) is 12.8 Å². The van der Waals surface area contributed by atoms with E-state index in [0.29, 0.717) is 0 Å². The van der Waals surface area contributed by atoms with E-state index in [2.05, 4.69) is 45.0 Å². The smallest absolute Gasteiger partial charge is 0.0688 e. The van der Waals surface area contributed by atoms with E-state index in [1.54, 1.807) is 0 Å². The molecule has 0 bridgehead atoms. The molecule has 1 fully saturated rings. The topological polar surface area (TPSA) is 20.2 Å². The second-order valence-electron chi connectivity index (χ2n) is 7.01. The first-order valence-electron chi connectivity index (χ1n) is 8.32. The molecule has 1 N–H and O–H groups in total. The van der Waals surface area contributed by atoms with E-state index in [1.165, 1.54) is 30.4 Å². The van der Waals surface area contributed by atoms with E-state index in [-0.39, 0.29) is 0 Å². The number of aryl methyl sites for hydroxylation is 1. The zero-order chi connectivity index (χ0) is 14.6. The largest absolute Gasteiger partial charge is 0.390 e. The SMILES string of the molecule is CCc1ccc(CC2(O)CCCC(C(C)C)CC2)cc1. The maximum Gasteiger partial charge on any atom is 0.0688 e. The minimum Gasteiger partial charge on any atom is -0.390 e. The average molecular weight is 274 g/mol. The van der Waals surface area contributed by atoms with Crippen molar-refractivity contribution in [2.75, 3.05) is 0 Å².